The number of carbonyl (C=O) groups is 2. The lowest BCUT2D eigenvalue weighted by molar-refractivity contribution is -0.116. The third-order valence-electron chi connectivity index (χ3n) is 6.02. The van der Waals surface area contributed by atoms with E-state index in [1.54, 1.807) is 27.6 Å². The van der Waals surface area contributed by atoms with Crippen molar-refractivity contribution >= 4 is 49.9 Å². The maximum Gasteiger partial charge on any atom is 0.410 e. The predicted octanol–water partition coefficient (Wildman–Crippen LogP) is 6.03. The van der Waals surface area contributed by atoms with Gasteiger partial charge in [-0.15, -0.1) is 22.7 Å². The number of carbonyl (C=O) groups excluding carboxylic acids is 2. The zero-order valence-electron chi connectivity index (χ0n) is 21.1. The number of nitrogens with one attached hydrogen (secondary N) is 2. The van der Waals surface area contributed by atoms with Crippen LogP contribution in [0.25, 0.3) is 20.8 Å². The lowest BCUT2D eigenvalue weighted by atomic mass is 10.0. The molecule has 0 saturated carbocycles. The summed E-state index contributed by atoms with van der Waals surface area (Å²) in [4.78, 5) is 33.6. The molecule has 0 fully saturated rings. The number of fused-ring (bicyclic) bond motifs is 2. The van der Waals surface area contributed by atoms with Gasteiger partial charge in [-0.1, -0.05) is 19.1 Å². The van der Waals surface area contributed by atoms with E-state index in [2.05, 4.69) is 16.7 Å². The molecule has 188 valence electrons. The summed E-state index contributed by atoms with van der Waals surface area (Å²) in [6, 6.07) is 8.10. The summed E-state index contributed by atoms with van der Waals surface area (Å²) in [5.74, 6) is -0.115. The van der Waals surface area contributed by atoms with Crippen LogP contribution in [0, 0.1) is 0 Å². The molecule has 9 heteroatoms. The molecule has 0 saturated heterocycles. The van der Waals surface area contributed by atoms with Gasteiger partial charge < -0.3 is 20.3 Å². The molecule has 0 aliphatic carbocycles. The maximum atomic E-state index is 13.1. The van der Waals surface area contributed by atoms with Gasteiger partial charge in [-0.05, 0) is 64.8 Å². The lowest BCUT2D eigenvalue weighted by Gasteiger charge is -2.31. The number of thiophene rings is 1. The van der Waals surface area contributed by atoms with Crippen LogP contribution >= 0.6 is 22.7 Å². The standard InChI is InChI=1S/C26H34N4O3S2/c1-6-16(2)30(25(32)33-26(3,4)5)14-12-21(31)29-24-22(17-11-13-27-15-20(17)35-24)23-28-18-9-7-8-10-19(18)34-23/h7-10,16,27H,6,11-15H2,1-5H3,(H,29,31). The zero-order chi connectivity index (χ0) is 25.2. The highest BCUT2D eigenvalue weighted by atomic mass is 32.1. The molecule has 2 amide bonds. The van der Waals surface area contributed by atoms with Gasteiger partial charge >= 0.3 is 6.09 Å². The number of para-hydroxylation sites is 1. The average molecular weight is 515 g/mol. The van der Waals surface area contributed by atoms with Gasteiger partial charge in [-0.3, -0.25) is 4.79 Å². The Balaban J connectivity index is 1.54. The number of hydrogen-bond acceptors (Lipinski definition) is 7. The summed E-state index contributed by atoms with van der Waals surface area (Å²) in [7, 11) is 0. The van der Waals surface area contributed by atoms with Crippen LogP contribution in [0.2, 0.25) is 0 Å². The monoisotopic (exact) mass is 514 g/mol. The Morgan fingerprint density at radius 2 is 2.03 bits per heavy atom. The molecule has 1 aliphatic heterocycles. The van der Waals surface area contributed by atoms with Gasteiger partial charge in [0.05, 0.1) is 10.2 Å². The van der Waals surface area contributed by atoms with Crippen molar-refractivity contribution in [1.29, 1.82) is 0 Å². The van der Waals surface area contributed by atoms with Crippen LogP contribution in [0.5, 0.6) is 0 Å². The summed E-state index contributed by atoms with van der Waals surface area (Å²) < 4.78 is 6.71. The number of rotatable bonds is 7. The van der Waals surface area contributed by atoms with Crippen LogP contribution < -0.4 is 10.6 Å². The summed E-state index contributed by atoms with van der Waals surface area (Å²) >= 11 is 3.28. The van der Waals surface area contributed by atoms with Crippen LogP contribution in [-0.4, -0.2) is 46.6 Å². The van der Waals surface area contributed by atoms with Crippen molar-refractivity contribution < 1.29 is 14.3 Å². The Labute approximate surface area is 214 Å². The minimum atomic E-state index is -0.582. The first-order valence-electron chi connectivity index (χ1n) is 12.2. The number of anilines is 1. The molecule has 0 radical (unpaired) electrons. The minimum Gasteiger partial charge on any atom is -0.444 e. The van der Waals surface area contributed by atoms with Gasteiger partial charge in [0.25, 0.3) is 0 Å². The highest BCUT2D eigenvalue weighted by Gasteiger charge is 2.27. The fraction of sp³-hybridized carbons (Fsp3) is 0.500. The van der Waals surface area contributed by atoms with E-state index in [9.17, 15) is 9.59 Å². The molecule has 3 aromatic rings. The van der Waals surface area contributed by atoms with Gasteiger partial charge in [-0.25, -0.2) is 9.78 Å². The first kappa shape index (κ1) is 25.6. The summed E-state index contributed by atoms with van der Waals surface area (Å²) in [5.41, 5.74) is 2.71. The average Bonchev–Trinajstić information content (AvgIpc) is 3.38. The number of ether oxygens (including phenoxy) is 1. The Morgan fingerprint density at radius 1 is 1.26 bits per heavy atom. The zero-order valence-corrected chi connectivity index (χ0v) is 22.7. The molecule has 0 spiro atoms. The van der Waals surface area contributed by atoms with E-state index in [4.69, 9.17) is 9.72 Å². The SMILES string of the molecule is CCC(C)N(CCC(=O)Nc1sc2c(c1-c1nc3ccccc3s1)CCNC2)C(=O)OC(C)(C)C. The number of hydrogen-bond donors (Lipinski definition) is 2. The molecule has 2 N–H and O–H groups in total. The molecule has 1 aliphatic rings. The van der Waals surface area contributed by atoms with E-state index in [-0.39, 0.29) is 24.5 Å². The Hall–Kier alpha value is -2.49. The van der Waals surface area contributed by atoms with Crippen LogP contribution in [-0.2, 0) is 22.5 Å². The number of nitrogens with zero attached hydrogens (tertiary/aromatic N) is 2. The van der Waals surface area contributed by atoms with Crippen molar-refractivity contribution in [3.63, 3.8) is 0 Å². The third-order valence-corrected chi connectivity index (χ3v) is 8.22. The topological polar surface area (TPSA) is 83.6 Å². The first-order chi connectivity index (χ1) is 16.7. The van der Waals surface area contributed by atoms with E-state index in [1.165, 1.54) is 10.4 Å². The van der Waals surface area contributed by atoms with Gasteiger partial charge in [-0.2, -0.15) is 0 Å². The van der Waals surface area contributed by atoms with Crippen molar-refractivity contribution in [2.75, 3.05) is 18.4 Å². The second kappa shape index (κ2) is 10.6. The smallest absolute Gasteiger partial charge is 0.410 e. The molecular formula is C26H34N4O3S2. The van der Waals surface area contributed by atoms with Crippen LogP contribution in [0.4, 0.5) is 9.80 Å². The Kier molecular flexibility index (Phi) is 7.78. The second-order valence-corrected chi connectivity index (χ2v) is 12.0. The van der Waals surface area contributed by atoms with Crippen molar-refractivity contribution in [2.24, 2.45) is 0 Å². The van der Waals surface area contributed by atoms with Gasteiger partial charge in [0.15, 0.2) is 0 Å². The van der Waals surface area contributed by atoms with Crippen molar-refractivity contribution in [2.45, 2.75) is 72.1 Å². The van der Waals surface area contributed by atoms with E-state index in [1.807, 2.05) is 52.8 Å². The molecular weight excluding hydrogens is 480 g/mol. The Bertz CT molecular complexity index is 1180. The molecule has 1 aromatic carbocycles. The molecule has 0 bridgehead atoms. The minimum absolute atomic E-state index is 0.0175. The van der Waals surface area contributed by atoms with Gasteiger partial charge in [0, 0.05) is 36.0 Å². The predicted molar refractivity (Wildman–Crippen MR) is 144 cm³/mol. The molecule has 2 aromatic heterocycles. The molecule has 7 nitrogen and oxygen atoms in total. The van der Waals surface area contributed by atoms with E-state index >= 15 is 0 Å². The summed E-state index contributed by atoms with van der Waals surface area (Å²) in [5, 5.41) is 8.36. The number of thiazole rings is 1. The highest BCUT2D eigenvalue weighted by molar-refractivity contribution is 7.22. The first-order valence-corrected chi connectivity index (χ1v) is 13.8. The van der Waals surface area contributed by atoms with Crippen LogP contribution in [0.3, 0.4) is 0 Å². The number of amides is 2. The fourth-order valence-corrected chi connectivity index (χ4v) is 6.42. The molecule has 1 atom stereocenters. The molecule has 35 heavy (non-hydrogen) atoms. The van der Waals surface area contributed by atoms with Crippen molar-refractivity contribution in [3.8, 4) is 10.6 Å². The fourth-order valence-electron chi connectivity index (χ4n) is 4.07. The van der Waals surface area contributed by atoms with E-state index in [0.29, 0.717) is 6.54 Å². The number of aromatic nitrogens is 1. The molecule has 1 unspecified atom stereocenters. The van der Waals surface area contributed by atoms with E-state index in [0.717, 1.165) is 51.7 Å². The Morgan fingerprint density at radius 3 is 2.74 bits per heavy atom. The second-order valence-electron chi connectivity index (χ2n) is 9.85. The maximum absolute atomic E-state index is 13.1. The largest absolute Gasteiger partial charge is 0.444 e. The highest BCUT2D eigenvalue weighted by Crippen LogP contribution is 2.44. The van der Waals surface area contributed by atoms with Crippen LogP contribution in [0.1, 0.15) is 57.9 Å². The number of benzene rings is 1. The molecule has 3 heterocycles. The normalized spacial score (nSPS) is 14.4. The van der Waals surface area contributed by atoms with Crippen molar-refractivity contribution in [1.82, 2.24) is 15.2 Å². The van der Waals surface area contributed by atoms with Gasteiger partial charge in [0.2, 0.25) is 5.91 Å². The van der Waals surface area contributed by atoms with E-state index < -0.39 is 5.60 Å². The summed E-state index contributed by atoms with van der Waals surface area (Å²) in [6.45, 7) is 11.6. The third kappa shape index (κ3) is 6.02. The summed E-state index contributed by atoms with van der Waals surface area (Å²) in [6.07, 6.45) is 1.51. The lowest BCUT2D eigenvalue weighted by Crippen LogP contribution is -2.43. The van der Waals surface area contributed by atoms with Crippen LogP contribution in [0.15, 0.2) is 24.3 Å². The molecule has 4 rings (SSSR count). The van der Waals surface area contributed by atoms with Crippen molar-refractivity contribution in [3.05, 3.63) is 34.7 Å². The quantitative estimate of drug-likeness (QED) is 0.402. The van der Waals surface area contributed by atoms with Gasteiger partial charge in [0.1, 0.15) is 15.6 Å².